The number of benzene rings is 2. The van der Waals surface area contributed by atoms with Gasteiger partial charge in [-0.25, -0.2) is 0 Å². The Labute approximate surface area is 105 Å². The number of fused-ring (bicyclic) bond motifs is 1. The van der Waals surface area contributed by atoms with E-state index >= 15 is 0 Å². The molecule has 0 bridgehead atoms. The van der Waals surface area contributed by atoms with E-state index in [1.165, 1.54) is 0 Å². The van der Waals surface area contributed by atoms with Crippen molar-refractivity contribution in [1.29, 1.82) is 0 Å². The van der Waals surface area contributed by atoms with Crippen molar-refractivity contribution >= 4 is 10.8 Å². The highest BCUT2D eigenvalue weighted by Gasteiger charge is 2.07. The van der Waals surface area contributed by atoms with Gasteiger partial charge in [0, 0.05) is 24.2 Å². The van der Waals surface area contributed by atoms with Crippen molar-refractivity contribution in [3.05, 3.63) is 71.1 Å². The van der Waals surface area contributed by atoms with E-state index < -0.39 is 0 Å². The summed E-state index contributed by atoms with van der Waals surface area (Å²) in [7, 11) is 1.79. The van der Waals surface area contributed by atoms with E-state index in [2.05, 4.69) is 6.07 Å². The quantitative estimate of drug-likeness (QED) is 0.634. The number of rotatable bonds is 1. The summed E-state index contributed by atoms with van der Waals surface area (Å²) in [6.45, 7) is 0. The van der Waals surface area contributed by atoms with Gasteiger partial charge in [-0.2, -0.15) is 0 Å². The van der Waals surface area contributed by atoms with Gasteiger partial charge in [0.25, 0.3) is 5.56 Å². The molecule has 0 spiro atoms. The maximum absolute atomic E-state index is 12.1. The second kappa shape index (κ2) is 4.15. The molecule has 2 aromatic carbocycles. The normalized spacial score (nSPS) is 10.7. The average molecular weight is 234 g/mol. The van der Waals surface area contributed by atoms with Gasteiger partial charge in [0.05, 0.1) is 0 Å². The van der Waals surface area contributed by atoms with Crippen LogP contribution in [0.1, 0.15) is 0 Å². The monoisotopic (exact) mass is 234 g/mol. The first-order valence-electron chi connectivity index (χ1n) is 5.82. The molecule has 1 radical (unpaired) electrons. The van der Waals surface area contributed by atoms with E-state index in [4.69, 9.17) is 0 Å². The molecule has 1 aromatic heterocycles. The zero-order valence-electron chi connectivity index (χ0n) is 10.1. The van der Waals surface area contributed by atoms with Crippen LogP contribution in [-0.2, 0) is 7.05 Å². The Morgan fingerprint density at radius 3 is 2.39 bits per heavy atom. The zero-order chi connectivity index (χ0) is 12.5. The molecule has 0 aliphatic rings. The number of aryl methyl sites for hydroxylation is 1. The Morgan fingerprint density at radius 1 is 1.00 bits per heavy atom. The molecule has 2 nitrogen and oxygen atoms in total. The third-order valence-corrected chi connectivity index (χ3v) is 3.12. The largest absolute Gasteiger partial charge is 0.317 e. The van der Waals surface area contributed by atoms with E-state index in [0.717, 1.165) is 21.9 Å². The van der Waals surface area contributed by atoms with Gasteiger partial charge < -0.3 is 4.57 Å². The highest BCUT2D eigenvalue weighted by molar-refractivity contribution is 5.95. The summed E-state index contributed by atoms with van der Waals surface area (Å²) < 4.78 is 1.63. The Kier molecular flexibility index (Phi) is 2.49. The van der Waals surface area contributed by atoms with Crippen molar-refractivity contribution in [3.63, 3.8) is 0 Å². The van der Waals surface area contributed by atoms with Crippen LogP contribution in [0.4, 0.5) is 0 Å². The Hall–Kier alpha value is -2.35. The van der Waals surface area contributed by atoms with E-state index in [9.17, 15) is 4.79 Å². The van der Waals surface area contributed by atoms with Gasteiger partial charge in [0.1, 0.15) is 0 Å². The summed E-state index contributed by atoms with van der Waals surface area (Å²) in [5.41, 5.74) is 2.21. The molecule has 3 aromatic rings. The van der Waals surface area contributed by atoms with Crippen LogP contribution in [0.5, 0.6) is 0 Å². The molecule has 2 heteroatoms. The summed E-state index contributed by atoms with van der Waals surface area (Å²) in [6, 6.07) is 18.5. The van der Waals surface area contributed by atoms with Crippen LogP contribution in [0.3, 0.4) is 0 Å². The predicted molar refractivity (Wildman–Crippen MR) is 73.5 cm³/mol. The molecular weight excluding hydrogens is 222 g/mol. The van der Waals surface area contributed by atoms with E-state index in [1.54, 1.807) is 11.6 Å². The Bertz CT molecular complexity index is 757. The van der Waals surface area contributed by atoms with Gasteiger partial charge in [-0.3, -0.25) is 4.79 Å². The molecule has 0 saturated heterocycles. The fraction of sp³-hybridized carbons (Fsp3) is 0.0625. The lowest BCUT2D eigenvalue weighted by Gasteiger charge is -2.09. The molecule has 0 aliphatic heterocycles. The minimum atomic E-state index is 0.0387. The summed E-state index contributed by atoms with van der Waals surface area (Å²) in [6.07, 6.45) is 1.89. The van der Waals surface area contributed by atoms with Crippen molar-refractivity contribution in [3.8, 4) is 11.1 Å². The molecule has 0 N–H and O–H groups in total. The van der Waals surface area contributed by atoms with Gasteiger partial charge >= 0.3 is 0 Å². The second-order valence-corrected chi connectivity index (χ2v) is 4.29. The lowest BCUT2D eigenvalue weighted by atomic mass is 10.0. The maximum Gasteiger partial charge on any atom is 0.258 e. The summed E-state index contributed by atoms with van der Waals surface area (Å²) >= 11 is 0. The van der Waals surface area contributed by atoms with Crippen LogP contribution in [0.15, 0.2) is 59.5 Å². The molecule has 0 atom stereocenters. The lowest BCUT2D eigenvalue weighted by molar-refractivity contribution is 0.875. The highest BCUT2D eigenvalue weighted by Crippen LogP contribution is 2.25. The molecule has 0 aliphatic carbocycles. The molecule has 0 fully saturated rings. The molecule has 3 rings (SSSR count). The maximum atomic E-state index is 12.1. The van der Waals surface area contributed by atoms with Crippen LogP contribution < -0.4 is 5.56 Å². The highest BCUT2D eigenvalue weighted by atomic mass is 16.1. The average Bonchev–Trinajstić information content (AvgIpc) is 2.44. The van der Waals surface area contributed by atoms with Crippen molar-refractivity contribution in [1.82, 2.24) is 4.57 Å². The van der Waals surface area contributed by atoms with Crippen molar-refractivity contribution in [2.75, 3.05) is 0 Å². The lowest BCUT2D eigenvalue weighted by Crippen LogP contribution is -2.16. The van der Waals surface area contributed by atoms with Crippen LogP contribution >= 0.6 is 0 Å². The van der Waals surface area contributed by atoms with Crippen LogP contribution in [0.25, 0.3) is 21.9 Å². The number of hydrogen-bond acceptors (Lipinski definition) is 1. The number of aromatic nitrogens is 1. The first-order chi connectivity index (χ1) is 8.77. The van der Waals surface area contributed by atoms with Gasteiger partial charge in [-0.05, 0) is 23.1 Å². The molecular formula is C16H12NO. The smallest absolute Gasteiger partial charge is 0.258 e. The standard InChI is InChI=1S/C16H12NO/c1-17-11-15(12-7-3-2-4-8-12)13-9-5-6-10-14(13)16(17)18/h3-11H,1H3. The van der Waals surface area contributed by atoms with E-state index in [1.807, 2.05) is 54.7 Å². The third kappa shape index (κ3) is 1.63. The van der Waals surface area contributed by atoms with Crippen LogP contribution in [0, 0.1) is 6.07 Å². The zero-order valence-corrected chi connectivity index (χ0v) is 10.1. The van der Waals surface area contributed by atoms with E-state index in [0.29, 0.717) is 0 Å². The van der Waals surface area contributed by atoms with E-state index in [-0.39, 0.29) is 5.56 Å². The van der Waals surface area contributed by atoms with Gasteiger partial charge in [-0.15, -0.1) is 0 Å². The number of pyridine rings is 1. The Balaban J connectivity index is 2.44. The first-order valence-corrected chi connectivity index (χ1v) is 5.82. The van der Waals surface area contributed by atoms with Gasteiger partial charge in [0.15, 0.2) is 0 Å². The minimum absolute atomic E-state index is 0.0387. The number of nitrogens with zero attached hydrogens (tertiary/aromatic N) is 1. The number of hydrogen-bond donors (Lipinski definition) is 0. The molecule has 0 amide bonds. The van der Waals surface area contributed by atoms with Crippen LogP contribution in [0.2, 0.25) is 0 Å². The van der Waals surface area contributed by atoms with Crippen molar-refractivity contribution in [2.24, 2.45) is 7.05 Å². The fourth-order valence-electron chi connectivity index (χ4n) is 2.21. The summed E-state index contributed by atoms with van der Waals surface area (Å²) in [5, 5.41) is 1.75. The van der Waals surface area contributed by atoms with Gasteiger partial charge in [0.2, 0.25) is 0 Å². The summed E-state index contributed by atoms with van der Waals surface area (Å²) in [5.74, 6) is 0. The Morgan fingerprint density at radius 2 is 1.67 bits per heavy atom. The molecule has 1 heterocycles. The molecule has 18 heavy (non-hydrogen) atoms. The first kappa shape index (κ1) is 10.8. The minimum Gasteiger partial charge on any atom is -0.317 e. The van der Waals surface area contributed by atoms with Crippen molar-refractivity contribution < 1.29 is 0 Å². The van der Waals surface area contributed by atoms with Crippen LogP contribution in [-0.4, -0.2) is 4.57 Å². The SMILES string of the molecule is Cn1cc(-c2cc[c]cc2)c2ccccc2c1=O. The van der Waals surface area contributed by atoms with Crippen molar-refractivity contribution in [2.45, 2.75) is 0 Å². The third-order valence-electron chi connectivity index (χ3n) is 3.12. The predicted octanol–water partition coefficient (Wildman–Crippen LogP) is 3.01. The fourth-order valence-corrected chi connectivity index (χ4v) is 2.21. The topological polar surface area (TPSA) is 22.0 Å². The summed E-state index contributed by atoms with van der Waals surface area (Å²) in [4.78, 5) is 12.1. The molecule has 87 valence electrons. The van der Waals surface area contributed by atoms with Gasteiger partial charge in [-0.1, -0.05) is 42.5 Å². The molecule has 0 unspecified atom stereocenters. The molecule has 0 saturated carbocycles. The second-order valence-electron chi connectivity index (χ2n) is 4.29.